The number of nitrogens with one attached hydrogen (secondary N) is 1. The van der Waals surface area contributed by atoms with Crippen molar-refractivity contribution in [3.05, 3.63) is 33.9 Å². The van der Waals surface area contributed by atoms with E-state index in [1.807, 2.05) is 6.07 Å². The molecule has 0 heterocycles. The summed E-state index contributed by atoms with van der Waals surface area (Å²) in [5.41, 5.74) is -0.553. The summed E-state index contributed by atoms with van der Waals surface area (Å²) >= 11 is 0. The van der Waals surface area contributed by atoms with E-state index >= 15 is 0 Å². The van der Waals surface area contributed by atoms with E-state index in [9.17, 15) is 15.2 Å². The number of nitrogens with zero attached hydrogens (tertiary/aromatic N) is 2. The maximum Gasteiger partial charge on any atom is 0.293 e. The Balaban J connectivity index is 2.79. The molecular weight excluding hydrogens is 270 g/mol. The van der Waals surface area contributed by atoms with Crippen molar-refractivity contribution < 1.29 is 10.0 Å². The maximum absolute atomic E-state index is 11.0. The molecule has 1 rings (SSSR count). The molecule has 1 aromatic carbocycles. The van der Waals surface area contributed by atoms with Gasteiger partial charge in [-0.25, -0.2) is 0 Å². The van der Waals surface area contributed by atoms with Crippen LogP contribution < -0.4 is 5.32 Å². The van der Waals surface area contributed by atoms with Crippen LogP contribution >= 0.6 is 0 Å². The van der Waals surface area contributed by atoms with Gasteiger partial charge in [0.15, 0.2) is 0 Å². The third-order valence-electron chi connectivity index (χ3n) is 3.24. The summed E-state index contributed by atoms with van der Waals surface area (Å²) in [6.45, 7) is 6.08. The van der Waals surface area contributed by atoms with Gasteiger partial charge in [0.1, 0.15) is 5.69 Å². The minimum absolute atomic E-state index is 0.159. The molecule has 0 aliphatic carbocycles. The normalized spacial score (nSPS) is 13.5. The fourth-order valence-electron chi connectivity index (χ4n) is 1.88. The average molecular weight is 291 g/mol. The zero-order valence-corrected chi connectivity index (χ0v) is 12.6. The van der Waals surface area contributed by atoms with E-state index in [4.69, 9.17) is 5.26 Å². The number of aliphatic hydroxyl groups is 1. The standard InChI is InChI=1S/C15H21N3O3/c1-11(2)6-7-15(3,19)10-17-13-5-4-12(9-16)8-14(13)18(20)21/h4-5,8,11,17,19H,6-7,10H2,1-3H3. The van der Waals surface area contributed by atoms with Gasteiger partial charge < -0.3 is 10.4 Å². The van der Waals surface area contributed by atoms with Crippen LogP contribution in [0.2, 0.25) is 0 Å². The quantitative estimate of drug-likeness (QED) is 0.594. The molecule has 0 spiro atoms. The van der Waals surface area contributed by atoms with E-state index in [1.54, 1.807) is 6.92 Å². The fraction of sp³-hybridized carbons (Fsp3) is 0.533. The predicted octanol–water partition coefficient (Wildman–Crippen LogP) is 3.07. The number of nitro groups is 1. The van der Waals surface area contributed by atoms with Crippen molar-refractivity contribution >= 4 is 11.4 Å². The van der Waals surface area contributed by atoms with Gasteiger partial charge in [-0.05, 0) is 37.8 Å². The van der Waals surface area contributed by atoms with Crippen LogP contribution in [0.15, 0.2) is 18.2 Å². The molecule has 114 valence electrons. The third-order valence-corrected chi connectivity index (χ3v) is 3.24. The number of benzene rings is 1. The van der Waals surface area contributed by atoms with Gasteiger partial charge in [-0.15, -0.1) is 0 Å². The van der Waals surface area contributed by atoms with E-state index in [1.165, 1.54) is 18.2 Å². The molecule has 0 saturated carbocycles. The Kier molecular flexibility index (Phi) is 5.68. The molecule has 1 unspecified atom stereocenters. The lowest BCUT2D eigenvalue weighted by Gasteiger charge is -2.25. The zero-order chi connectivity index (χ0) is 16.0. The number of anilines is 1. The number of hydrogen-bond donors (Lipinski definition) is 2. The van der Waals surface area contributed by atoms with Gasteiger partial charge in [-0.3, -0.25) is 10.1 Å². The Labute approximate surface area is 124 Å². The molecule has 6 heteroatoms. The Morgan fingerprint density at radius 2 is 2.19 bits per heavy atom. The highest BCUT2D eigenvalue weighted by Gasteiger charge is 2.22. The molecule has 0 radical (unpaired) electrons. The second-order valence-electron chi connectivity index (χ2n) is 5.88. The summed E-state index contributed by atoms with van der Waals surface area (Å²) in [6, 6.07) is 6.11. The van der Waals surface area contributed by atoms with Crippen LogP contribution in [0.25, 0.3) is 0 Å². The average Bonchev–Trinajstić information content (AvgIpc) is 2.43. The SMILES string of the molecule is CC(C)CCC(C)(O)CNc1ccc(C#N)cc1[N+](=O)[O-]. The van der Waals surface area contributed by atoms with Crippen molar-refractivity contribution in [2.45, 2.75) is 39.2 Å². The Morgan fingerprint density at radius 1 is 1.52 bits per heavy atom. The summed E-state index contributed by atoms with van der Waals surface area (Å²) in [4.78, 5) is 10.5. The van der Waals surface area contributed by atoms with Crippen molar-refractivity contribution in [3.8, 4) is 6.07 Å². The smallest absolute Gasteiger partial charge is 0.293 e. The van der Waals surface area contributed by atoms with Gasteiger partial charge in [0.05, 0.1) is 22.2 Å². The molecule has 0 fully saturated rings. The van der Waals surface area contributed by atoms with Crippen molar-refractivity contribution in [1.82, 2.24) is 0 Å². The monoisotopic (exact) mass is 291 g/mol. The largest absolute Gasteiger partial charge is 0.388 e. The molecule has 0 bridgehead atoms. The van der Waals surface area contributed by atoms with Gasteiger partial charge in [0.25, 0.3) is 5.69 Å². The molecule has 0 amide bonds. The summed E-state index contributed by atoms with van der Waals surface area (Å²) in [5.74, 6) is 0.487. The minimum atomic E-state index is -0.938. The summed E-state index contributed by atoms with van der Waals surface area (Å²) < 4.78 is 0. The van der Waals surface area contributed by atoms with Crippen LogP contribution in [-0.4, -0.2) is 22.2 Å². The highest BCUT2D eigenvalue weighted by atomic mass is 16.6. The summed E-state index contributed by atoms with van der Waals surface area (Å²) in [6.07, 6.45) is 1.49. The fourth-order valence-corrected chi connectivity index (χ4v) is 1.88. The Morgan fingerprint density at radius 3 is 2.71 bits per heavy atom. The van der Waals surface area contributed by atoms with Crippen LogP contribution in [-0.2, 0) is 0 Å². The first-order valence-electron chi connectivity index (χ1n) is 6.90. The van der Waals surface area contributed by atoms with Crippen molar-refractivity contribution in [1.29, 1.82) is 5.26 Å². The highest BCUT2D eigenvalue weighted by Crippen LogP contribution is 2.26. The summed E-state index contributed by atoms with van der Waals surface area (Å²) in [7, 11) is 0. The second kappa shape index (κ2) is 7.04. The Hall–Kier alpha value is -2.13. The second-order valence-corrected chi connectivity index (χ2v) is 5.88. The van der Waals surface area contributed by atoms with E-state index in [-0.39, 0.29) is 17.8 Å². The molecule has 0 saturated heterocycles. The molecule has 1 atom stereocenters. The van der Waals surface area contributed by atoms with E-state index in [2.05, 4.69) is 19.2 Å². The van der Waals surface area contributed by atoms with E-state index < -0.39 is 10.5 Å². The van der Waals surface area contributed by atoms with Crippen molar-refractivity contribution in [2.75, 3.05) is 11.9 Å². The lowest BCUT2D eigenvalue weighted by molar-refractivity contribution is -0.384. The lowest BCUT2D eigenvalue weighted by Crippen LogP contribution is -2.33. The molecule has 6 nitrogen and oxygen atoms in total. The number of rotatable bonds is 7. The lowest BCUT2D eigenvalue weighted by atomic mass is 9.95. The van der Waals surface area contributed by atoms with Gasteiger partial charge in [0.2, 0.25) is 0 Å². The van der Waals surface area contributed by atoms with Gasteiger partial charge in [-0.1, -0.05) is 13.8 Å². The van der Waals surface area contributed by atoms with E-state index in [0.717, 1.165) is 6.42 Å². The van der Waals surface area contributed by atoms with Crippen molar-refractivity contribution in [3.63, 3.8) is 0 Å². The molecule has 0 aromatic heterocycles. The Bertz CT molecular complexity index is 548. The maximum atomic E-state index is 11.0. The van der Waals surface area contributed by atoms with Crippen LogP contribution in [0.4, 0.5) is 11.4 Å². The first-order chi connectivity index (χ1) is 9.75. The van der Waals surface area contributed by atoms with Crippen molar-refractivity contribution in [2.24, 2.45) is 5.92 Å². The molecule has 2 N–H and O–H groups in total. The molecular formula is C15H21N3O3. The first-order valence-corrected chi connectivity index (χ1v) is 6.90. The third kappa shape index (κ3) is 5.40. The van der Waals surface area contributed by atoms with Crippen LogP contribution in [0, 0.1) is 27.4 Å². The predicted molar refractivity (Wildman–Crippen MR) is 81.0 cm³/mol. The highest BCUT2D eigenvalue weighted by molar-refractivity contribution is 5.64. The molecule has 21 heavy (non-hydrogen) atoms. The molecule has 1 aromatic rings. The molecule has 0 aliphatic heterocycles. The number of nitriles is 1. The number of hydrogen-bond acceptors (Lipinski definition) is 5. The topological polar surface area (TPSA) is 99.2 Å². The van der Waals surface area contributed by atoms with Crippen LogP contribution in [0.1, 0.15) is 39.2 Å². The summed E-state index contributed by atoms with van der Waals surface area (Å²) in [5, 5.41) is 33.0. The zero-order valence-electron chi connectivity index (χ0n) is 12.6. The van der Waals surface area contributed by atoms with Crippen LogP contribution in [0.3, 0.4) is 0 Å². The minimum Gasteiger partial charge on any atom is -0.388 e. The number of nitro benzene ring substituents is 1. The van der Waals surface area contributed by atoms with Gasteiger partial charge in [0, 0.05) is 12.6 Å². The van der Waals surface area contributed by atoms with Gasteiger partial charge >= 0.3 is 0 Å². The van der Waals surface area contributed by atoms with E-state index in [0.29, 0.717) is 18.0 Å². The van der Waals surface area contributed by atoms with Crippen LogP contribution in [0.5, 0.6) is 0 Å². The van der Waals surface area contributed by atoms with Gasteiger partial charge in [-0.2, -0.15) is 5.26 Å². The molecule has 0 aliphatic rings. The first kappa shape index (κ1) is 16.9.